The third kappa shape index (κ3) is 66.5. The van der Waals surface area contributed by atoms with Crippen molar-refractivity contribution in [2.45, 2.75) is 322 Å². The lowest BCUT2D eigenvalue weighted by Gasteiger charge is -2.18. The van der Waals surface area contributed by atoms with Crippen LogP contribution in [0.4, 0.5) is 0 Å². The van der Waals surface area contributed by atoms with Crippen molar-refractivity contribution in [3.8, 4) is 0 Å². The molecule has 0 heterocycles. The van der Waals surface area contributed by atoms with Gasteiger partial charge in [-0.3, -0.25) is 14.4 Å². The van der Waals surface area contributed by atoms with Crippen LogP contribution in [0.15, 0.2) is 122 Å². The van der Waals surface area contributed by atoms with Gasteiger partial charge in [0, 0.05) is 19.3 Å². The monoisotopic (exact) mass is 1120 g/mol. The molecule has 0 rings (SSSR count). The Morgan fingerprint density at radius 3 is 0.840 bits per heavy atom. The van der Waals surface area contributed by atoms with Crippen molar-refractivity contribution < 1.29 is 28.6 Å². The number of carbonyl (C=O) groups is 3. The maximum Gasteiger partial charge on any atom is 0.306 e. The van der Waals surface area contributed by atoms with E-state index in [2.05, 4.69) is 136 Å². The quantitative estimate of drug-likeness (QED) is 0.0261. The van der Waals surface area contributed by atoms with Crippen molar-refractivity contribution >= 4 is 17.9 Å². The highest BCUT2D eigenvalue weighted by atomic mass is 16.6. The van der Waals surface area contributed by atoms with Gasteiger partial charge in [-0.2, -0.15) is 0 Å². The van der Waals surface area contributed by atoms with Gasteiger partial charge in [-0.1, -0.05) is 296 Å². The van der Waals surface area contributed by atoms with Crippen LogP contribution >= 0.6 is 0 Å². The first-order chi connectivity index (χ1) is 40.0. The second-order valence-corrected chi connectivity index (χ2v) is 22.3. The third-order valence-electron chi connectivity index (χ3n) is 14.4. The average Bonchev–Trinajstić information content (AvgIpc) is 3.47. The molecule has 1 atom stereocenters. The van der Waals surface area contributed by atoms with Gasteiger partial charge in [-0.25, -0.2) is 0 Å². The topological polar surface area (TPSA) is 78.9 Å². The molecule has 462 valence electrons. The zero-order valence-corrected chi connectivity index (χ0v) is 53.0. The van der Waals surface area contributed by atoms with Gasteiger partial charge in [0.05, 0.1) is 0 Å². The molecule has 0 bridgehead atoms. The normalized spacial score (nSPS) is 12.9. The lowest BCUT2D eigenvalue weighted by molar-refractivity contribution is -0.166. The highest BCUT2D eigenvalue weighted by molar-refractivity contribution is 5.71. The first-order valence-corrected chi connectivity index (χ1v) is 34.0. The van der Waals surface area contributed by atoms with Gasteiger partial charge in [0.2, 0.25) is 0 Å². The van der Waals surface area contributed by atoms with Crippen LogP contribution in [0.25, 0.3) is 0 Å². The number of carbonyl (C=O) groups excluding carboxylic acids is 3. The Balaban J connectivity index is 4.49. The van der Waals surface area contributed by atoms with E-state index in [-0.39, 0.29) is 37.5 Å². The lowest BCUT2D eigenvalue weighted by Crippen LogP contribution is -2.30. The van der Waals surface area contributed by atoms with Crippen LogP contribution in [0.5, 0.6) is 0 Å². The molecule has 0 N–H and O–H groups in total. The van der Waals surface area contributed by atoms with Crippen LogP contribution < -0.4 is 0 Å². The van der Waals surface area contributed by atoms with E-state index < -0.39 is 6.10 Å². The highest BCUT2D eigenvalue weighted by Crippen LogP contribution is 2.16. The van der Waals surface area contributed by atoms with E-state index in [1.165, 1.54) is 173 Å². The fourth-order valence-corrected chi connectivity index (χ4v) is 9.35. The summed E-state index contributed by atoms with van der Waals surface area (Å²) in [4.78, 5) is 38.4. The fraction of sp³-hybridized carbons (Fsp3) is 0.693. The number of hydrogen-bond donors (Lipinski definition) is 0. The number of unbranched alkanes of at least 4 members (excludes halogenated alkanes) is 30. The van der Waals surface area contributed by atoms with Gasteiger partial charge >= 0.3 is 17.9 Å². The Hall–Kier alpha value is -4.19. The van der Waals surface area contributed by atoms with Gasteiger partial charge in [0.15, 0.2) is 6.10 Å². The summed E-state index contributed by atoms with van der Waals surface area (Å²) in [5.74, 6) is -0.996. The minimum Gasteiger partial charge on any atom is -0.462 e. The van der Waals surface area contributed by atoms with E-state index in [0.717, 1.165) is 96.3 Å². The first-order valence-electron chi connectivity index (χ1n) is 34.0. The maximum atomic E-state index is 12.9. The van der Waals surface area contributed by atoms with Gasteiger partial charge in [0.25, 0.3) is 0 Å². The standard InChI is InChI=1S/C75H126O6/c1-4-7-10-13-16-19-22-25-28-31-34-36-37-39-41-44-47-50-53-56-59-62-65-68-74(77)80-71-72(70-79-73(76)67-64-61-58-55-52-49-46-43-40-33-30-27-24-21-18-15-12-9-6-3)81-75(78)69-66-63-60-57-54-51-48-45-42-38-35-32-29-26-23-20-17-14-11-8-5-2/h9,12,18,21-22,25,27,30-32,34-35,37,39-40,43,49,52,58,61,72H,4-8,10-11,13-17,19-20,23-24,26,28-29,33,36,38,41-42,44-48,50-51,53-57,59-60,62-71H2,1-3H3/b12-9-,21-18-,25-22-,30-27-,34-31-,35-32-,39-37-,43-40-,52-49-,61-58-. The van der Waals surface area contributed by atoms with Crippen molar-refractivity contribution in [2.24, 2.45) is 0 Å². The summed E-state index contributed by atoms with van der Waals surface area (Å²) in [6.45, 7) is 6.47. The zero-order valence-electron chi connectivity index (χ0n) is 53.0. The van der Waals surface area contributed by atoms with Crippen LogP contribution in [0.2, 0.25) is 0 Å². The summed E-state index contributed by atoms with van der Waals surface area (Å²) in [5, 5.41) is 0. The highest BCUT2D eigenvalue weighted by Gasteiger charge is 2.19. The zero-order chi connectivity index (χ0) is 58.5. The molecule has 0 aliphatic heterocycles. The van der Waals surface area contributed by atoms with Crippen molar-refractivity contribution in [3.05, 3.63) is 122 Å². The molecular formula is C75H126O6. The Bertz CT molecular complexity index is 1670. The maximum absolute atomic E-state index is 12.9. The molecule has 0 saturated carbocycles. The Labute approximate surface area is 501 Å². The van der Waals surface area contributed by atoms with Gasteiger partial charge < -0.3 is 14.2 Å². The van der Waals surface area contributed by atoms with Crippen molar-refractivity contribution in [1.29, 1.82) is 0 Å². The van der Waals surface area contributed by atoms with Gasteiger partial charge in [-0.05, 0) is 122 Å². The number of ether oxygens (including phenoxy) is 3. The summed E-state index contributed by atoms with van der Waals surface area (Å²) in [7, 11) is 0. The van der Waals surface area contributed by atoms with Gasteiger partial charge in [-0.15, -0.1) is 0 Å². The summed E-state index contributed by atoms with van der Waals surface area (Å²) in [5.41, 5.74) is 0. The number of hydrogen-bond acceptors (Lipinski definition) is 6. The van der Waals surface area contributed by atoms with E-state index in [9.17, 15) is 14.4 Å². The van der Waals surface area contributed by atoms with E-state index in [1.54, 1.807) is 0 Å². The largest absolute Gasteiger partial charge is 0.462 e. The summed E-state index contributed by atoms with van der Waals surface area (Å²) < 4.78 is 16.9. The fourth-order valence-electron chi connectivity index (χ4n) is 9.35. The van der Waals surface area contributed by atoms with E-state index >= 15 is 0 Å². The predicted octanol–water partition coefficient (Wildman–Crippen LogP) is 23.6. The van der Waals surface area contributed by atoms with Gasteiger partial charge in [0.1, 0.15) is 13.2 Å². The van der Waals surface area contributed by atoms with Crippen molar-refractivity contribution in [1.82, 2.24) is 0 Å². The molecule has 0 aliphatic carbocycles. The Morgan fingerprint density at radius 2 is 0.506 bits per heavy atom. The first kappa shape index (κ1) is 76.8. The molecule has 0 spiro atoms. The summed E-state index contributed by atoms with van der Waals surface area (Å²) in [6, 6.07) is 0. The van der Waals surface area contributed by atoms with Crippen molar-refractivity contribution in [3.63, 3.8) is 0 Å². The summed E-state index contributed by atoms with van der Waals surface area (Å²) in [6.07, 6.45) is 95.1. The molecule has 0 amide bonds. The minimum absolute atomic E-state index is 0.108. The molecule has 1 unspecified atom stereocenters. The second kappa shape index (κ2) is 68.3. The Kier molecular flexibility index (Phi) is 64.8. The number of rotatable bonds is 61. The molecule has 6 nitrogen and oxygen atoms in total. The third-order valence-corrected chi connectivity index (χ3v) is 14.4. The molecule has 0 aromatic carbocycles. The van der Waals surface area contributed by atoms with Crippen LogP contribution in [-0.4, -0.2) is 37.2 Å². The molecule has 0 fully saturated rings. The second-order valence-electron chi connectivity index (χ2n) is 22.3. The van der Waals surface area contributed by atoms with E-state index in [0.29, 0.717) is 19.3 Å². The number of esters is 3. The molecule has 0 aliphatic rings. The van der Waals surface area contributed by atoms with Crippen LogP contribution in [0.3, 0.4) is 0 Å². The average molecular weight is 1120 g/mol. The summed E-state index contributed by atoms with van der Waals surface area (Å²) >= 11 is 0. The molecule has 0 saturated heterocycles. The van der Waals surface area contributed by atoms with E-state index in [1.807, 2.05) is 6.08 Å². The molecule has 81 heavy (non-hydrogen) atoms. The van der Waals surface area contributed by atoms with Crippen LogP contribution in [-0.2, 0) is 28.6 Å². The SMILES string of the molecule is CC/C=C\C/C=C\C/C=C\C/C=C\C/C=C\C/C=C\CCC(=O)OCC(COC(=O)CCCCCCCCCC/C=C\C/C=C\C/C=C\CCCCCCC)OC(=O)CCCCCCCCCCC/C=C\CCCCCCCCCC. The molecule has 0 aromatic heterocycles. The van der Waals surface area contributed by atoms with Crippen molar-refractivity contribution in [2.75, 3.05) is 13.2 Å². The van der Waals surface area contributed by atoms with E-state index in [4.69, 9.17) is 14.2 Å². The Morgan fingerprint density at radius 1 is 0.259 bits per heavy atom. The smallest absolute Gasteiger partial charge is 0.306 e. The molecule has 0 radical (unpaired) electrons. The van der Waals surface area contributed by atoms with Crippen LogP contribution in [0, 0.1) is 0 Å². The number of allylic oxidation sites excluding steroid dienone is 20. The molecule has 6 heteroatoms. The molecule has 0 aromatic rings. The van der Waals surface area contributed by atoms with Crippen LogP contribution in [0.1, 0.15) is 316 Å². The predicted molar refractivity (Wildman–Crippen MR) is 353 cm³/mol. The lowest BCUT2D eigenvalue weighted by atomic mass is 10.1. The molecular weight excluding hydrogens is 997 g/mol. The minimum atomic E-state index is -0.818.